The van der Waals surface area contributed by atoms with Gasteiger partial charge in [0.15, 0.2) is 5.84 Å². The van der Waals surface area contributed by atoms with E-state index in [-0.39, 0.29) is 17.7 Å². The smallest absolute Gasteiger partial charge is 0.171 e. The van der Waals surface area contributed by atoms with Crippen molar-refractivity contribution in [1.82, 2.24) is 0 Å². The number of hydrogen-bond donors (Lipinski definition) is 3. The third-order valence-corrected chi connectivity index (χ3v) is 3.61. The number of aliphatic hydroxyl groups is 1. The molecule has 0 aliphatic carbocycles. The Morgan fingerprint density at radius 3 is 2.82 bits per heavy atom. The SMILES string of the molecule is Cc1ccc(C(N)=NO)c(SC(C)CCO)c1. The number of thioether (sulfide) groups is 1. The van der Waals surface area contributed by atoms with E-state index in [1.165, 1.54) is 0 Å². The highest BCUT2D eigenvalue weighted by atomic mass is 32.2. The van der Waals surface area contributed by atoms with Crippen LogP contribution in [0.15, 0.2) is 28.3 Å². The molecule has 0 aliphatic heterocycles. The van der Waals surface area contributed by atoms with Gasteiger partial charge in [0, 0.05) is 22.3 Å². The minimum absolute atomic E-state index is 0.115. The fourth-order valence-corrected chi connectivity index (χ4v) is 2.66. The molecule has 0 aliphatic rings. The maximum atomic E-state index is 8.89. The molecule has 0 spiro atoms. The molecule has 1 aromatic rings. The first-order valence-corrected chi connectivity index (χ1v) is 6.32. The maximum Gasteiger partial charge on any atom is 0.171 e. The van der Waals surface area contributed by atoms with E-state index in [1.54, 1.807) is 11.8 Å². The molecular formula is C12H18N2O2S. The van der Waals surface area contributed by atoms with Crippen molar-refractivity contribution in [2.45, 2.75) is 30.4 Å². The zero-order chi connectivity index (χ0) is 12.8. The summed E-state index contributed by atoms with van der Waals surface area (Å²) in [6, 6.07) is 5.78. The van der Waals surface area contributed by atoms with Gasteiger partial charge in [0.1, 0.15) is 0 Å². The predicted molar refractivity (Wildman–Crippen MR) is 70.7 cm³/mol. The maximum absolute atomic E-state index is 8.89. The summed E-state index contributed by atoms with van der Waals surface area (Å²) in [7, 11) is 0. The summed E-state index contributed by atoms with van der Waals surface area (Å²) >= 11 is 1.62. The van der Waals surface area contributed by atoms with Gasteiger partial charge < -0.3 is 16.0 Å². The second kappa shape index (κ2) is 6.51. The van der Waals surface area contributed by atoms with E-state index in [0.29, 0.717) is 6.42 Å². The van der Waals surface area contributed by atoms with Crippen LogP contribution in [0.2, 0.25) is 0 Å². The largest absolute Gasteiger partial charge is 0.409 e. The minimum atomic E-state index is 0.115. The van der Waals surface area contributed by atoms with Gasteiger partial charge in [-0.3, -0.25) is 0 Å². The molecule has 4 nitrogen and oxygen atoms in total. The zero-order valence-corrected chi connectivity index (χ0v) is 10.9. The average Bonchev–Trinajstić information content (AvgIpc) is 2.28. The Kier molecular flexibility index (Phi) is 5.31. The Bertz CT molecular complexity index is 407. The fraction of sp³-hybridized carbons (Fsp3) is 0.417. The van der Waals surface area contributed by atoms with Crippen LogP contribution in [0.4, 0.5) is 0 Å². The minimum Gasteiger partial charge on any atom is -0.409 e. The Labute approximate surface area is 106 Å². The highest BCUT2D eigenvalue weighted by molar-refractivity contribution is 8.00. The third-order valence-electron chi connectivity index (χ3n) is 2.38. The van der Waals surface area contributed by atoms with Gasteiger partial charge in [-0.05, 0) is 31.0 Å². The monoisotopic (exact) mass is 254 g/mol. The number of aliphatic hydroxyl groups excluding tert-OH is 1. The van der Waals surface area contributed by atoms with Crippen molar-refractivity contribution in [3.05, 3.63) is 29.3 Å². The third kappa shape index (κ3) is 3.94. The fourth-order valence-electron chi connectivity index (χ4n) is 1.45. The molecule has 0 fully saturated rings. The lowest BCUT2D eigenvalue weighted by atomic mass is 10.1. The van der Waals surface area contributed by atoms with Crippen LogP contribution in [0, 0.1) is 6.92 Å². The van der Waals surface area contributed by atoms with Gasteiger partial charge in [-0.1, -0.05) is 18.1 Å². The topological polar surface area (TPSA) is 78.8 Å². The Balaban J connectivity index is 2.99. The molecule has 1 rings (SSSR count). The predicted octanol–water partition coefficient (Wildman–Crippen LogP) is 1.95. The van der Waals surface area contributed by atoms with Crippen LogP contribution in [0.1, 0.15) is 24.5 Å². The molecule has 1 aromatic carbocycles. The molecule has 0 bridgehead atoms. The highest BCUT2D eigenvalue weighted by Gasteiger charge is 2.11. The molecule has 4 N–H and O–H groups in total. The van der Waals surface area contributed by atoms with Crippen molar-refractivity contribution < 1.29 is 10.3 Å². The van der Waals surface area contributed by atoms with Gasteiger partial charge in [0.2, 0.25) is 0 Å². The van der Waals surface area contributed by atoms with Gasteiger partial charge in [-0.25, -0.2) is 0 Å². The number of nitrogens with two attached hydrogens (primary N) is 1. The van der Waals surface area contributed by atoms with Crippen LogP contribution in [-0.2, 0) is 0 Å². The molecule has 1 unspecified atom stereocenters. The molecule has 0 radical (unpaired) electrons. The lowest BCUT2D eigenvalue weighted by Gasteiger charge is -2.13. The summed E-state index contributed by atoms with van der Waals surface area (Å²) in [5.74, 6) is 0.115. The van der Waals surface area contributed by atoms with Gasteiger partial charge in [-0.2, -0.15) is 0 Å². The molecule has 0 amide bonds. The van der Waals surface area contributed by atoms with Crippen molar-refractivity contribution in [2.24, 2.45) is 10.9 Å². The quantitative estimate of drug-likeness (QED) is 0.247. The number of benzene rings is 1. The van der Waals surface area contributed by atoms with E-state index in [1.807, 2.05) is 32.0 Å². The van der Waals surface area contributed by atoms with Crippen molar-refractivity contribution in [1.29, 1.82) is 0 Å². The van der Waals surface area contributed by atoms with E-state index in [9.17, 15) is 0 Å². The first-order chi connectivity index (χ1) is 8.08. The number of amidine groups is 1. The molecule has 1 atom stereocenters. The number of hydrogen-bond acceptors (Lipinski definition) is 4. The van der Waals surface area contributed by atoms with Gasteiger partial charge in [-0.15, -0.1) is 11.8 Å². The lowest BCUT2D eigenvalue weighted by Crippen LogP contribution is -2.15. The zero-order valence-electron chi connectivity index (χ0n) is 10.1. The molecule has 17 heavy (non-hydrogen) atoms. The average molecular weight is 254 g/mol. The molecule has 5 heteroatoms. The molecule has 0 saturated heterocycles. The van der Waals surface area contributed by atoms with Crippen LogP contribution >= 0.6 is 11.8 Å². The highest BCUT2D eigenvalue weighted by Crippen LogP contribution is 2.29. The molecule has 0 saturated carbocycles. The summed E-state index contributed by atoms with van der Waals surface area (Å²) in [4.78, 5) is 0.973. The van der Waals surface area contributed by atoms with Gasteiger partial charge in [0.25, 0.3) is 0 Å². The second-order valence-electron chi connectivity index (χ2n) is 3.93. The number of nitrogens with zero attached hydrogens (tertiary/aromatic N) is 1. The Morgan fingerprint density at radius 1 is 1.53 bits per heavy atom. The summed E-state index contributed by atoms with van der Waals surface area (Å²) in [5.41, 5.74) is 7.48. The van der Waals surface area contributed by atoms with Gasteiger partial charge in [0.05, 0.1) is 0 Å². The first-order valence-electron chi connectivity index (χ1n) is 5.44. The van der Waals surface area contributed by atoms with Crippen LogP contribution in [0.3, 0.4) is 0 Å². The van der Waals surface area contributed by atoms with E-state index < -0.39 is 0 Å². The van der Waals surface area contributed by atoms with E-state index in [2.05, 4.69) is 5.16 Å². The summed E-state index contributed by atoms with van der Waals surface area (Å²) < 4.78 is 0. The van der Waals surface area contributed by atoms with Crippen LogP contribution < -0.4 is 5.73 Å². The van der Waals surface area contributed by atoms with Crippen LogP contribution in [0.5, 0.6) is 0 Å². The van der Waals surface area contributed by atoms with Crippen molar-refractivity contribution in [2.75, 3.05) is 6.61 Å². The van der Waals surface area contributed by atoms with E-state index in [4.69, 9.17) is 16.0 Å². The lowest BCUT2D eigenvalue weighted by molar-refractivity contribution is 0.289. The van der Waals surface area contributed by atoms with Crippen molar-refractivity contribution in [3.63, 3.8) is 0 Å². The number of oxime groups is 1. The van der Waals surface area contributed by atoms with Crippen LogP contribution in [0.25, 0.3) is 0 Å². The standard InChI is InChI=1S/C12H18N2O2S/c1-8-3-4-10(12(13)14-16)11(7-8)17-9(2)5-6-15/h3-4,7,9,15-16H,5-6H2,1-2H3,(H2,13,14). The summed E-state index contributed by atoms with van der Waals surface area (Å²) in [6.45, 7) is 4.20. The molecule has 0 aromatic heterocycles. The molecular weight excluding hydrogens is 236 g/mol. The summed E-state index contributed by atoms with van der Waals surface area (Å²) in [5, 5.41) is 20.9. The number of rotatable bonds is 5. The van der Waals surface area contributed by atoms with Gasteiger partial charge >= 0.3 is 0 Å². The molecule has 0 heterocycles. The number of aryl methyl sites for hydroxylation is 1. The Morgan fingerprint density at radius 2 is 2.24 bits per heavy atom. The second-order valence-corrected chi connectivity index (χ2v) is 5.41. The van der Waals surface area contributed by atoms with E-state index >= 15 is 0 Å². The Hall–Kier alpha value is -1.20. The molecule has 94 valence electrons. The first kappa shape index (κ1) is 13.9. The van der Waals surface area contributed by atoms with Crippen molar-refractivity contribution >= 4 is 17.6 Å². The van der Waals surface area contributed by atoms with E-state index in [0.717, 1.165) is 16.0 Å². The normalized spacial score (nSPS) is 13.7. The van der Waals surface area contributed by atoms with Crippen LogP contribution in [-0.4, -0.2) is 28.0 Å². The van der Waals surface area contributed by atoms with Crippen molar-refractivity contribution in [3.8, 4) is 0 Å². The summed E-state index contributed by atoms with van der Waals surface area (Å²) in [6.07, 6.45) is 0.716.